The number of halogens is 3. The van der Waals surface area contributed by atoms with Gasteiger partial charge in [0.15, 0.2) is 0 Å². The van der Waals surface area contributed by atoms with E-state index in [0.717, 1.165) is 11.6 Å². The van der Waals surface area contributed by atoms with Crippen molar-refractivity contribution in [2.45, 2.75) is 25.1 Å². The van der Waals surface area contributed by atoms with Gasteiger partial charge in [0, 0.05) is 5.92 Å². The second kappa shape index (κ2) is 6.65. The lowest BCUT2D eigenvalue weighted by Crippen LogP contribution is -2.25. The molecule has 0 saturated heterocycles. The Morgan fingerprint density at radius 3 is 2.46 bits per heavy atom. The summed E-state index contributed by atoms with van der Waals surface area (Å²) < 4.78 is 39.1. The molecule has 0 spiro atoms. The molecule has 3 rings (SSSR count). The molecule has 0 radical (unpaired) electrons. The first-order valence-electron chi connectivity index (χ1n) is 7.58. The maximum atomic E-state index is 13.0. The smallest absolute Gasteiger partial charge is 0.272 e. The number of carbonyl (C=O) groups excluding carboxylic acids is 1. The second-order valence-corrected chi connectivity index (χ2v) is 5.77. The Hall–Kier alpha value is -2.34. The summed E-state index contributed by atoms with van der Waals surface area (Å²) in [6, 6.07) is 14.7. The molecule has 1 N–H and O–H groups in total. The molecule has 1 aliphatic carbocycles. The minimum Gasteiger partial charge on any atom is -0.272 e. The quantitative estimate of drug-likeness (QED) is 0.837. The average molecular weight is 335 g/mol. The molecule has 126 valence electrons. The lowest BCUT2D eigenvalue weighted by atomic mass is 10.0. The fraction of sp³-hybridized carbons (Fsp3) is 0.278. The molecule has 2 aromatic carbocycles. The molecule has 1 amide bonds. The summed E-state index contributed by atoms with van der Waals surface area (Å²) >= 11 is 0. The Balaban J connectivity index is 1.57. The number of benzene rings is 2. The van der Waals surface area contributed by atoms with Gasteiger partial charge in [-0.3, -0.25) is 9.63 Å². The normalized spacial score (nSPS) is 19.8. The number of nitrogens with one attached hydrogen (secondary N) is 1. The minimum absolute atomic E-state index is 0.174. The van der Waals surface area contributed by atoms with Gasteiger partial charge in [0.05, 0.1) is 12.2 Å². The number of hydrogen-bond donors (Lipinski definition) is 1. The van der Waals surface area contributed by atoms with Crippen molar-refractivity contribution in [3.8, 4) is 0 Å². The standard InChI is InChI=1S/C18H16F3NO2/c19-18(20,21)16-9-5-4-8-13(16)14-10-15(14)17(23)22-24-11-12-6-2-1-3-7-12/h1-9,14-15H,10-11H2,(H,22,23). The van der Waals surface area contributed by atoms with Crippen molar-refractivity contribution < 1.29 is 22.8 Å². The number of hydroxylamine groups is 1. The molecule has 1 saturated carbocycles. The first-order valence-corrected chi connectivity index (χ1v) is 7.58. The second-order valence-electron chi connectivity index (χ2n) is 5.77. The van der Waals surface area contributed by atoms with E-state index in [4.69, 9.17) is 4.84 Å². The SMILES string of the molecule is O=C(NOCc1ccccc1)C1CC1c1ccccc1C(F)(F)F. The average Bonchev–Trinajstić information content (AvgIpc) is 3.36. The maximum absolute atomic E-state index is 13.0. The van der Waals surface area contributed by atoms with Gasteiger partial charge >= 0.3 is 6.18 Å². The van der Waals surface area contributed by atoms with Gasteiger partial charge in [0.1, 0.15) is 0 Å². The Morgan fingerprint density at radius 1 is 1.08 bits per heavy atom. The molecule has 2 atom stereocenters. The van der Waals surface area contributed by atoms with Crippen LogP contribution in [0, 0.1) is 5.92 Å². The van der Waals surface area contributed by atoms with Crippen LogP contribution < -0.4 is 5.48 Å². The van der Waals surface area contributed by atoms with Crippen molar-refractivity contribution in [1.82, 2.24) is 5.48 Å². The van der Waals surface area contributed by atoms with Crippen molar-refractivity contribution in [1.29, 1.82) is 0 Å². The summed E-state index contributed by atoms with van der Waals surface area (Å²) in [5, 5.41) is 0. The van der Waals surface area contributed by atoms with Crippen LogP contribution in [0.15, 0.2) is 54.6 Å². The zero-order chi connectivity index (χ0) is 17.2. The zero-order valence-electron chi connectivity index (χ0n) is 12.7. The lowest BCUT2D eigenvalue weighted by molar-refractivity contribution is -0.139. The third-order valence-electron chi connectivity index (χ3n) is 4.05. The van der Waals surface area contributed by atoms with E-state index in [2.05, 4.69) is 5.48 Å². The minimum atomic E-state index is -4.41. The van der Waals surface area contributed by atoms with E-state index >= 15 is 0 Å². The number of amides is 1. The van der Waals surface area contributed by atoms with Crippen molar-refractivity contribution in [2.24, 2.45) is 5.92 Å². The number of rotatable bonds is 5. The molecule has 1 fully saturated rings. The fourth-order valence-electron chi connectivity index (χ4n) is 2.75. The fourth-order valence-corrected chi connectivity index (χ4v) is 2.75. The van der Waals surface area contributed by atoms with Crippen LogP contribution in [0.2, 0.25) is 0 Å². The highest BCUT2D eigenvalue weighted by Crippen LogP contribution is 2.51. The van der Waals surface area contributed by atoms with E-state index in [1.54, 1.807) is 6.07 Å². The monoisotopic (exact) mass is 335 g/mol. The van der Waals surface area contributed by atoms with Crippen LogP contribution in [0.5, 0.6) is 0 Å². The van der Waals surface area contributed by atoms with Gasteiger partial charge in [0.25, 0.3) is 0 Å². The van der Waals surface area contributed by atoms with E-state index in [1.807, 2.05) is 30.3 Å². The van der Waals surface area contributed by atoms with Crippen molar-refractivity contribution >= 4 is 5.91 Å². The Kier molecular flexibility index (Phi) is 4.57. The molecule has 0 heterocycles. The van der Waals surface area contributed by atoms with Crippen LogP contribution in [0.3, 0.4) is 0 Å². The van der Waals surface area contributed by atoms with Gasteiger partial charge in [-0.25, -0.2) is 5.48 Å². The Labute approximate surface area is 137 Å². The van der Waals surface area contributed by atoms with Crippen LogP contribution in [0.1, 0.15) is 29.0 Å². The highest BCUT2D eigenvalue weighted by atomic mass is 19.4. The van der Waals surface area contributed by atoms with Crippen molar-refractivity contribution in [2.75, 3.05) is 0 Å². The molecular weight excluding hydrogens is 319 g/mol. The number of alkyl halides is 3. The van der Waals surface area contributed by atoms with Crippen LogP contribution in [0.25, 0.3) is 0 Å². The predicted octanol–water partition coefficient (Wildman–Crippen LogP) is 4.06. The highest BCUT2D eigenvalue weighted by Gasteiger charge is 2.47. The van der Waals surface area contributed by atoms with Gasteiger partial charge < -0.3 is 0 Å². The summed E-state index contributed by atoms with van der Waals surface area (Å²) in [6.45, 7) is 0.211. The first kappa shape index (κ1) is 16.5. The summed E-state index contributed by atoms with van der Waals surface area (Å²) in [5.41, 5.74) is 2.73. The molecular formula is C18H16F3NO2. The van der Waals surface area contributed by atoms with E-state index < -0.39 is 23.6 Å². The van der Waals surface area contributed by atoms with Gasteiger partial charge in [-0.1, -0.05) is 48.5 Å². The molecule has 0 aliphatic heterocycles. The van der Waals surface area contributed by atoms with E-state index in [9.17, 15) is 18.0 Å². The van der Waals surface area contributed by atoms with Gasteiger partial charge in [-0.2, -0.15) is 13.2 Å². The molecule has 2 unspecified atom stereocenters. The third-order valence-corrected chi connectivity index (χ3v) is 4.05. The van der Waals surface area contributed by atoms with E-state index in [0.29, 0.717) is 6.42 Å². The first-order chi connectivity index (χ1) is 11.5. The summed E-state index contributed by atoms with van der Waals surface area (Å²) in [6.07, 6.45) is -4.02. The van der Waals surface area contributed by atoms with Crippen LogP contribution in [0.4, 0.5) is 13.2 Å². The molecule has 2 aromatic rings. The maximum Gasteiger partial charge on any atom is 0.416 e. The zero-order valence-corrected chi connectivity index (χ0v) is 12.7. The molecule has 0 bridgehead atoms. The van der Waals surface area contributed by atoms with Gasteiger partial charge in [-0.15, -0.1) is 0 Å². The predicted molar refractivity (Wildman–Crippen MR) is 81.7 cm³/mol. The largest absolute Gasteiger partial charge is 0.416 e. The molecule has 24 heavy (non-hydrogen) atoms. The lowest BCUT2D eigenvalue weighted by Gasteiger charge is -2.12. The summed E-state index contributed by atoms with van der Waals surface area (Å²) in [4.78, 5) is 17.2. The van der Waals surface area contributed by atoms with Gasteiger partial charge in [0.2, 0.25) is 5.91 Å². The van der Waals surface area contributed by atoms with E-state index in [1.165, 1.54) is 12.1 Å². The van der Waals surface area contributed by atoms with E-state index in [-0.39, 0.29) is 18.1 Å². The summed E-state index contributed by atoms with van der Waals surface area (Å²) in [5.74, 6) is -1.28. The van der Waals surface area contributed by atoms with Crippen LogP contribution in [-0.4, -0.2) is 5.91 Å². The molecule has 0 aromatic heterocycles. The highest BCUT2D eigenvalue weighted by molar-refractivity contribution is 5.82. The summed E-state index contributed by atoms with van der Waals surface area (Å²) in [7, 11) is 0. The topological polar surface area (TPSA) is 38.3 Å². The number of carbonyl (C=O) groups is 1. The van der Waals surface area contributed by atoms with Crippen molar-refractivity contribution in [3.05, 3.63) is 71.3 Å². The third kappa shape index (κ3) is 3.76. The van der Waals surface area contributed by atoms with Gasteiger partial charge in [-0.05, 0) is 29.5 Å². The Morgan fingerprint density at radius 2 is 1.75 bits per heavy atom. The van der Waals surface area contributed by atoms with Crippen molar-refractivity contribution in [3.63, 3.8) is 0 Å². The number of hydrogen-bond acceptors (Lipinski definition) is 2. The Bertz CT molecular complexity index is 716. The molecule has 3 nitrogen and oxygen atoms in total. The molecule has 6 heteroatoms. The van der Waals surface area contributed by atoms with Crippen LogP contribution >= 0.6 is 0 Å². The molecule has 1 aliphatic rings. The van der Waals surface area contributed by atoms with Crippen LogP contribution in [-0.2, 0) is 22.4 Å².